The number of nitrogens with zero attached hydrogens (tertiary/aromatic N) is 1. The van der Waals surface area contributed by atoms with Gasteiger partial charge in [0.15, 0.2) is 4.77 Å². The Balaban J connectivity index is 1.96. The largest absolute Gasteiger partial charge is 0.425 e. The van der Waals surface area contributed by atoms with E-state index in [-0.39, 0.29) is 10.3 Å². The molecular weight excluding hydrogens is 457 g/mol. The smallest absolute Gasteiger partial charge is 0.326 e. The maximum absolute atomic E-state index is 14.5. The fourth-order valence-electron chi connectivity index (χ4n) is 3.67. The van der Waals surface area contributed by atoms with Gasteiger partial charge in [-0.05, 0) is 50.3 Å². The van der Waals surface area contributed by atoms with Crippen molar-refractivity contribution in [3.63, 3.8) is 0 Å². The number of amides is 2. The van der Waals surface area contributed by atoms with Crippen LogP contribution in [0.2, 0.25) is 0 Å². The molecule has 3 aromatic rings. The minimum atomic E-state index is -5.34. The quantitative estimate of drug-likeness (QED) is 0.505. The Kier molecular flexibility index (Phi) is 5.24. The maximum Gasteiger partial charge on any atom is 0.425 e. The molecule has 2 heterocycles. The van der Waals surface area contributed by atoms with E-state index in [0.717, 1.165) is 15.7 Å². The molecule has 0 saturated heterocycles. The van der Waals surface area contributed by atoms with Crippen LogP contribution < -0.4 is 16.2 Å². The fourth-order valence-corrected chi connectivity index (χ4v) is 3.96. The molecule has 2 amide bonds. The minimum Gasteiger partial charge on any atom is -0.326 e. The molecule has 1 aliphatic heterocycles. The molecule has 0 aliphatic carbocycles. The number of H-pyrrole nitrogens is 1. The Morgan fingerprint density at radius 2 is 1.55 bits per heavy atom. The number of benzene rings is 2. The number of fused-ring (bicyclic) bond motifs is 1. The lowest BCUT2D eigenvalue weighted by molar-refractivity contribution is -0.196. The first kappa shape index (κ1) is 22.5. The van der Waals surface area contributed by atoms with Crippen LogP contribution in [0.15, 0.2) is 53.3 Å². The molecule has 0 fully saturated rings. The van der Waals surface area contributed by atoms with Gasteiger partial charge in [-0.25, -0.2) is 0 Å². The number of aromatic amines is 1. The van der Waals surface area contributed by atoms with Crippen molar-refractivity contribution >= 4 is 29.9 Å². The number of alkyl halides is 3. The number of rotatable bonds is 3. The second-order valence-electron chi connectivity index (χ2n) is 7.68. The van der Waals surface area contributed by atoms with Crippen LogP contribution in [0.3, 0.4) is 0 Å². The van der Waals surface area contributed by atoms with E-state index in [2.05, 4.69) is 10.3 Å². The average molecular weight is 474 g/mol. The Hall–Kier alpha value is -3.73. The summed E-state index contributed by atoms with van der Waals surface area (Å²) in [6, 6.07) is 12.3. The molecule has 0 spiro atoms. The predicted molar refractivity (Wildman–Crippen MR) is 117 cm³/mol. The molecule has 1 aromatic heterocycles. The summed E-state index contributed by atoms with van der Waals surface area (Å²) in [5, 5.41) is 3.91. The topological polar surface area (TPSA) is 96.0 Å². The zero-order valence-electron chi connectivity index (χ0n) is 17.3. The van der Waals surface area contributed by atoms with E-state index < -0.39 is 40.5 Å². The van der Waals surface area contributed by atoms with Crippen LogP contribution in [-0.4, -0.2) is 27.5 Å². The fraction of sp³-hybridized carbons (Fsp3) is 0.182. The molecule has 1 atom stereocenters. The first-order valence-corrected chi connectivity index (χ1v) is 10.1. The molecule has 1 aliphatic rings. The number of halogens is 3. The number of anilines is 1. The van der Waals surface area contributed by atoms with Crippen LogP contribution in [0, 0.1) is 18.6 Å². The summed E-state index contributed by atoms with van der Waals surface area (Å²) >= 11 is 5.17. The van der Waals surface area contributed by atoms with Crippen molar-refractivity contribution < 1.29 is 22.8 Å². The highest BCUT2D eigenvalue weighted by Gasteiger charge is 2.68. The first-order valence-electron chi connectivity index (χ1n) is 9.70. The van der Waals surface area contributed by atoms with E-state index in [0.29, 0.717) is 5.69 Å². The summed E-state index contributed by atoms with van der Waals surface area (Å²) in [7, 11) is 0. The second-order valence-corrected chi connectivity index (χ2v) is 8.06. The molecular formula is C22H17F3N4O3S. The molecule has 7 nitrogen and oxygen atoms in total. The van der Waals surface area contributed by atoms with E-state index in [1.54, 1.807) is 48.6 Å². The summed E-state index contributed by atoms with van der Waals surface area (Å²) in [6.07, 6.45) is -5.34. The van der Waals surface area contributed by atoms with E-state index >= 15 is 0 Å². The van der Waals surface area contributed by atoms with Gasteiger partial charge in [-0.15, -0.1) is 0 Å². The van der Waals surface area contributed by atoms with Crippen molar-refractivity contribution in [2.24, 2.45) is 0 Å². The SMILES string of the molecule is Cc1ccc(C(=O)N[C@]2(C(F)(F)F)C(=O)Nc3c2c(=O)[nH]c(=S)n3-c2ccc(C)cc2)cc1. The van der Waals surface area contributed by atoms with Crippen molar-refractivity contribution in [2.75, 3.05) is 5.32 Å². The van der Waals surface area contributed by atoms with Crippen molar-refractivity contribution in [2.45, 2.75) is 25.6 Å². The summed E-state index contributed by atoms with van der Waals surface area (Å²) < 4.78 is 44.4. The molecule has 3 N–H and O–H groups in total. The van der Waals surface area contributed by atoms with E-state index in [1.807, 2.05) is 6.92 Å². The van der Waals surface area contributed by atoms with Crippen molar-refractivity contribution in [1.82, 2.24) is 14.9 Å². The normalized spacial score (nSPS) is 17.4. The second kappa shape index (κ2) is 7.69. The van der Waals surface area contributed by atoms with Gasteiger partial charge in [-0.1, -0.05) is 35.4 Å². The number of carbonyl (C=O) groups is 2. The Morgan fingerprint density at radius 3 is 2.09 bits per heavy atom. The standard InChI is InChI=1S/C22H17F3N4O3S/c1-11-3-7-13(8-4-11)17(30)28-21(22(23,24)25)15-16(26-19(21)32)29(20(33)27-18(15)31)14-9-5-12(2)6-10-14/h3-10H,1-2H3,(H,26,32)(H,28,30)(H,27,31,33)/t21-/m0/s1. The summed E-state index contributed by atoms with van der Waals surface area (Å²) in [4.78, 5) is 40.6. The number of hydrogen-bond donors (Lipinski definition) is 3. The Bertz CT molecular complexity index is 1390. The summed E-state index contributed by atoms with van der Waals surface area (Å²) in [5.74, 6) is -3.24. The molecule has 2 aromatic carbocycles. The molecule has 33 heavy (non-hydrogen) atoms. The highest BCUT2D eigenvalue weighted by molar-refractivity contribution is 7.71. The first-order chi connectivity index (χ1) is 15.5. The van der Waals surface area contributed by atoms with Gasteiger partial charge in [0.2, 0.25) is 0 Å². The maximum atomic E-state index is 14.5. The van der Waals surface area contributed by atoms with E-state index in [9.17, 15) is 27.6 Å². The van der Waals surface area contributed by atoms with Gasteiger partial charge < -0.3 is 10.6 Å². The number of aromatic nitrogens is 2. The highest BCUT2D eigenvalue weighted by Crippen LogP contribution is 2.46. The van der Waals surface area contributed by atoms with Gasteiger partial charge in [0.1, 0.15) is 11.4 Å². The Morgan fingerprint density at radius 1 is 1.00 bits per heavy atom. The third kappa shape index (κ3) is 3.54. The van der Waals surface area contributed by atoms with Crippen LogP contribution in [-0.2, 0) is 10.3 Å². The van der Waals surface area contributed by atoms with E-state index in [4.69, 9.17) is 12.2 Å². The minimum absolute atomic E-state index is 0.104. The van der Waals surface area contributed by atoms with Crippen molar-refractivity contribution in [3.8, 4) is 5.69 Å². The van der Waals surface area contributed by atoms with Crippen LogP contribution >= 0.6 is 12.2 Å². The molecule has 0 radical (unpaired) electrons. The molecule has 4 rings (SSSR count). The summed E-state index contributed by atoms with van der Waals surface area (Å²) in [6.45, 7) is 3.56. The lowest BCUT2D eigenvalue weighted by Crippen LogP contribution is -2.61. The zero-order chi connectivity index (χ0) is 24.1. The molecule has 0 saturated carbocycles. The average Bonchev–Trinajstić information content (AvgIpc) is 3.03. The third-order valence-electron chi connectivity index (χ3n) is 5.39. The molecule has 0 bridgehead atoms. The van der Waals surface area contributed by atoms with Gasteiger partial charge in [-0.3, -0.25) is 23.9 Å². The molecule has 0 unspecified atom stereocenters. The van der Waals surface area contributed by atoms with Gasteiger partial charge in [-0.2, -0.15) is 13.2 Å². The van der Waals surface area contributed by atoms with Gasteiger partial charge in [0.05, 0.1) is 0 Å². The van der Waals surface area contributed by atoms with Crippen LogP contribution in [0.25, 0.3) is 5.69 Å². The van der Waals surface area contributed by atoms with Crippen LogP contribution in [0.4, 0.5) is 19.0 Å². The van der Waals surface area contributed by atoms with Gasteiger partial charge >= 0.3 is 6.18 Å². The molecule has 11 heteroatoms. The van der Waals surface area contributed by atoms with Crippen LogP contribution in [0.5, 0.6) is 0 Å². The van der Waals surface area contributed by atoms with Crippen molar-refractivity contribution in [1.29, 1.82) is 0 Å². The van der Waals surface area contributed by atoms with Crippen molar-refractivity contribution in [3.05, 3.63) is 85.9 Å². The van der Waals surface area contributed by atoms with Crippen LogP contribution in [0.1, 0.15) is 27.0 Å². The highest BCUT2D eigenvalue weighted by atomic mass is 32.1. The number of carbonyl (C=O) groups excluding carboxylic acids is 2. The molecule has 170 valence electrons. The van der Waals surface area contributed by atoms with Gasteiger partial charge in [0, 0.05) is 11.3 Å². The lowest BCUT2D eigenvalue weighted by atomic mass is 9.91. The Labute approximate surface area is 190 Å². The lowest BCUT2D eigenvalue weighted by Gasteiger charge is -2.30. The number of aryl methyl sites for hydroxylation is 2. The van der Waals surface area contributed by atoms with E-state index in [1.165, 1.54) is 12.1 Å². The number of hydrogen-bond acceptors (Lipinski definition) is 4. The predicted octanol–water partition coefficient (Wildman–Crippen LogP) is 3.65. The number of nitrogens with one attached hydrogen (secondary N) is 3. The monoisotopic (exact) mass is 474 g/mol. The van der Waals surface area contributed by atoms with Gasteiger partial charge in [0.25, 0.3) is 22.9 Å². The summed E-state index contributed by atoms with van der Waals surface area (Å²) in [5.41, 5.74) is -3.96. The zero-order valence-corrected chi connectivity index (χ0v) is 18.1. The third-order valence-corrected chi connectivity index (χ3v) is 5.68.